The highest BCUT2D eigenvalue weighted by molar-refractivity contribution is 9.09. The molecule has 6 nitrogen and oxygen atoms in total. The van der Waals surface area contributed by atoms with Gasteiger partial charge in [-0.2, -0.15) is 0 Å². The van der Waals surface area contributed by atoms with Crippen LogP contribution in [0.1, 0.15) is 6.92 Å². The van der Waals surface area contributed by atoms with Gasteiger partial charge in [0.2, 0.25) is 0 Å². The van der Waals surface area contributed by atoms with Gasteiger partial charge in [0.15, 0.2) is 0 Å². The third-order valence-electron chi connectivity index (χ3n) is 1.87. The number of hydrogen-bond donors (Lipinski definition) is 0. The average molecular weight is 343 g/mol. The second-order valence-electron chi connectivity index (χ2n) is 3.48. The molecule has 0 aromatic heterocycles. The summed E-state index contributed by atoms with van der Waals surface area (Å²) in [7, 11) is 0. The first kappa shape index (κ1) is 18.8. The highest BCUT2D eigenvalue weighted by Gasteiger charge is 1.94. The molecule has 0 heterocycles. The van der Waals surface area contributed by atoms with Crippen molar-refractivity contribution in [2.45, 2.75) is 6.92 Å². The highest BCUT2D eigenvalue weighted by Crippen LogP contribution is 1.85. The third-order valence-corrected chi connectivity index (χ3v) is 2.19. The van der Waals surface area contributed by atoms with Crippen LogP contribution in [0.5, 0.6) is 0 Å². The average Bonchev–Trinajstić information content (AvgIpc) is 2.39. The summed E-state index contributed by atoms with van der Waals surface area (Å²) < 4.78 is 25.7. The number of hydrogen-bond acceptors (Lipinski definition) is 6. The van der Waals surface area contributed by atoms with Crippen molar-refractivity contribution in [3.8, 4) is 0 Å². The summed E-state index contributed by atoms with van der Waals surface area (Å²) in [5.41, 5.74) is 0. The van der Waals surface area contributed by atoms with Gasteiger partial charge in [-0.05, 0) is 0 Å². The van der Waals surface area contributed by atoms with Crippen molar-refractivity contribution in [2.24, 2.45) is 0 Å². The van der Waals surface area contributed by atoms with Crippen molar-refractivity contribution in [1.29, 1.82) is 0 Å². The number of rotatable bonds is 14. The van der Waals surface area contributed by atoms with E-state index in [1.54, 1.807) is 0 Å². The molecule has 0 fully saturated rings. The number of halogens is 1. The molecule has 0 aromatic rings. The molecule has 19 heavy (non-hydrogen) atoms. The fourth-order valence-corrected chi connectivity index (χ4v) is 1.29. The fraction of sp³-hybridized carbons (Fsp3) is 0.917. The minimum Gasteiger partial charge on any atom is -0.463 e. The zero-order chi connectivity index (χ0) is 14.2. The monoisotopic (exact) mass is 342 g/mol. The van der Waals surface area contributed by atoms with E-state index in [4.69, 9.17) is 23.7 Å². The first-order chi connectivity index (χ1) is 9.27. The SMILES string of the molecule is CC(=O)OCCOCCOCCOCCOCCBr. The van der Waals surface area contributed by atoms with Gasteiger partial charge in [0.25, 0.3) is 0 Å². The standard InChI is InChI=1S/C12H23BrO6/c1-12(14)19-11-10-18-9-8-17-7-6-16-5-4-15-3-2-13/h2-11H2,1H3. The van der Waals surface area contributed by atoms with Crippen LogP contribution in [0.2, 0.25) is 0 Å². The molecule has 0 saturated carbocycles. The Morgan fingerprint density at radius 2 is 1.11 bits per heavy atom. The van der Waals surface area contributed by atoms with E-state index < -0.39 is 0 Å². The molecule has 0 aliphatic heterocycles. The zero-order valence-corrected chi connectivity index (χ0v) is 13.0. The smallest absolute Gasteiger partial charge is 0.302 e. The van der Waals surface area contributed by atoms with Gasteiger partial charge in [-0.15, -0.1) is 0 Å². The molecule has 0 amide bonds. The number of esters is 1. The Morgan fingerprint density at radius 3 is 1.47 bits per heavy atom. The van der Waals surface area contributed by atoms with E-state index in [-0.39, 0.29) is 12.6 Å². The van der Waals surface area contributed by atoms with Gasteiger partial charge in [-0.25, -0.2) is 0 Å². The van der Waals surface area contributed by atoms with Crippen molar-refractivity contribution >= 4 is 21.9 Å². The summed E-state index contributed by atoms with van der Waals surface area (Å²) in [6.07, 6.45) is 0. The van der Waals surface area contributed by atoms with Crippen LogP contribution in [0.4, 0.5) is 0 Å². The van der Waals surface area contributed by atoms with Crippen LogP contribution in [-0.4, -0.2) is 70.8 Å². The fourth-order valence-electron chi connectivity index (χ4n) is 1.06. The number of alkyl halides is 1. The Morgan fingerprint density at radius 1 is 0.737 bits per heavy atom. The molecule has 0 spiro atoms. The predicted molar refractivity (Wildman–Crippen MR) is 73.7 cm³/mol. The lowest BCUT2D eigenvalue weighted by Gasteiger charge is -2.07. The molecule has 0 aliphatic rings. The zero-order valence-electron chi connectivity index (χ0n) is 11.4. The largest absolute Gasteiger partial charge is 0.463 e. The van der Waals surface area contributed by atoms with E-state index in [1.165, 1.54) is 6.92 Å². The summed E-state index contributed by atoms with van der Waals surface area (Å²) in [5.74, 6) is -0.294. The lowest BCUT2D eigenvalue weighted by atomic mass is 10.7. The molecule has 0 atom stereocenters. The summed E-state index contributed by atoms with van der Waals surface area (Å²) in [5, 5.41) is 0.841. The minimum absolute atomic E-state index is 0.285. The highest BCUT2D eigenvalue weighted by atomic mass is 79.9. The molecule has 0 radical (unpaired) electrons. The van der Waals surface area contributed by atoms with Gasteiger partial charge in [0, 0.05) is 12.3 Å². The second kappa shape index (κ2) is 15.8. The molecule has 0 unspecified atom stereocenters. The molecule has 0 rings (SSSR count). The van der Waals surface area contributed by atoms with Crippen molar-refractivity contribution < 1.29 is 28.5 Å². The molecule has 114 valence electrons. The van der Waals surface area contributed by atoms with Gasteiger partial charge < -0.3 is 23.7 Å². The maximum Gasteiger partial charge on any atom is 0.302 e. The third kappa shape index (κ3) is 17.8. The van der Waals surface area contributed by atoms with Gasteiger partial charge in [-0.3, -0.25) is 4.79 Å². The Balaban J connectivity index is 2.93. The van der Waals surface area contributed by atoms with Crippen LogP contribution < -0.4 is 0 Å². The topological polar surface area (TPSA) is 63.2 Å². The van der Waals surface area contributed by atoms with E-state index in [0.29, 0.717) is 52.9 Å². The number of carbonyl (C=O) groups is 1. The molecule has 0 bridgehead atoms. The first-order valence-corrected chi connectivity index (χ1v) is 7.40. The molecule has 0 saturated heterocycles. The summed E-state index contributed by atoms with van der Waals surface area (Å²) in [4.78, 5) is 10.4. The van der Waals surface area contributed by atoms with Crippen LogP contribution in [-0.2, 0) is 28.5 Å². The van der Waals surface area contributed by atoms with Crippen molar-refractivity contribution in [2.75, 3.05) is 64.8 Å². The Hall–Kier alpha value is -0.210. The van der Waals surface area contributed by atoms with E-state index in [1.807, 2.05) is 0 Å². The second-order valence-corrected chi connectivity index (χ2v) is 4.27. The maximum absolute atomic E-state index is 10.4. The predicted octanol–water partition coefficient (Wildman–Crippen LogP) is 1.01. The molecular weight excluding hydrogens is 320 g/mol. The van der Waals surface area contributed by atoms with Gasteiger partial charge in [-0.1, -0.05) is 15.9 Å². The van der Waals surface area contributed by atoms with E-state index in [9.17, 15) is 4.79 Å². The van der Waals surface area contributed by atoms with Crippen molar-refractivity contribution in [3.05, 3.63) is 0 Å². The molecule has 7 heteroatoms. The van der Waals surface area contributed by atoms with Crippen LogP contribution in [0.15, 0.2) is 0 Å². The van der Waals surface area contributed by atoms with Crippen LogP contribution in [0.25, 0.3) is 0 Å². The van der Waals surface area contributed by atoms with E-state index in [0.717, 1.165) is 5.33 Å². The van der Waals surface area contributed by atoms with Gasteiger partial charge in [0.1, 0.15) is 6.61 Å². The van der Waals surface area contributed by atoms with E-state index in [2.05, 4.69) is 15.9 Å². The Bertz CT molecular complexity index is 203. The molecule has 0 aliphatic carbocycles. The molecule has 0 N–H and O–H groups in total. The van der Waals surface area contributed by atoms with Crippen LogP contribution in [0, 0.1) is 0 Å². The summed E-state index contributed by atoms with van der Waals surface area (Å²) in [6, 6.07) is 0. The summed E-state index contributed by atoms with van der Waals surface area (Å²) >= 11 is 3.27. The number of ether oxygens (including phenoxy) is 5. The normalized spacial score (nSPS) is 10.6. The molecular formula is C12H23BrO6. The lowest BCUT2D eigenvalue weighted by molar-refractivity contribution is -0.142. The quantitative estimate of drug-likeness (QED) is 0.267. The maximum atomic E-state index is 10.4. The Kier molecular flexibility index (Phi) is 15.7. The van der Waals surface area contributed by atoms with Crippen molar-refractivity contribution in [3.63, 3.8) is 0 Å². The first-order valence-electron chi connectivity index (χ1n) is 6.27. The molecule has 0 aromatic carbocycles. The Labute approximate surface area is 122 Å². The van der Waals surface area contributed by atoms with Crippen molar-refractivity contribution in [1.82, 2.24) is 0 Å². The van der Waals surface area contributed by atoms with E-state index >= 15 is 0 Å². The summed E-state index contributed by atoms with van der Waals surface area (Å²) in [6.45, 7) is 5.99. The van der Waals surface area contributed by atoms with Crippen LogP contribution in [0.3, 0.4) is 0 Å². The van der Waals surface area contributed by atoms with Gasteiger partial charge in [0.05, 0.1) is 52.9 Å². The van der Waals surface area contributed by atoms with Gasteiger partial charge >= 0.3 is 5.97 Å². The lowest BCUT2D eigenvalue weighted by Crippen LogP contribution is -2.14. The minimum atomic E-state index is -0.294. The number of carbonyl (C=O) groups excluding carboxylic acids is 1. The van der Waals surface area contributed by atoms with Crippen LogP contribution >= 0.6 is 15.9 Å².